The number of ether oxygens (including phenoxy) is 2. The molecule has 11 heteroatoms. The molecule has 0 radical (unpaired) electrons. The maximum Gasteiger partial charge on any atom is 0.408 e. The van der Waals surface area contributed by atoms with Crippen LogP contribution in [0, 0.1) is 13.8 Å². The summed E-state index contributed by atoms with van der Waals surface area (Å²) in [5.41, 5.74) is 7.02. The molecule has 0 saturated heterocycles. The van der Waals surface area contributed by atoms with Gasteiger partial charge in [-0.1, -0.05) is 25.1 Å². The van der Waals surface area contributed by atoms with Crippen molar-refractivity contribution in [1.29, 1.82) is 0 Å². The Morgan fingerprint density at radius 3 is 2.21 bits per heavy atom. The van der Waals surface area contributed by atoms with Gasteiger partial charge in [0, 0.05) is 12.6 Å². The van der Waals surface area contributed by atoms with Gasteiger partial charge in [-0.2, -0.15) is 0 Å². The third-order valence-electron chi connectivity index (χ3n) is 6.02. The minimum absolute atomic E-state index is 0.00240. The summed E-state index contributed by atoms with van der Waals surface area (Å²) in [5.74, 6) is -2.46. The van der Waals surface area contributed by atoms with Crippen LogP contribution in [-0.4, -0.2) is 65.5 Å². The minimum atomic E-state index is -1.37. The first-order valence-electron chi connectivity index (χ1n) is 13.2. The number of carbonyl (C=O) groups is 5. The highest BCUT2D eigenvalue weighted by atomic mass is 16.6. The molecule has 11 nitrogen and oxygen atoms in total. The molecular formula is C28H44N4O7. The van der Waals surface area contributed by atoms with Crippen molar-refractivity contribution < 1.29 is 33.4 Å². The van der Waals surface area contributed by atoms with Crippen LogP contribution in [-0.2, 0) is 28.7 Å². The number of nitrogens with zero attached hydrogens (tertiary/aromatic N) is 1. The Hall–Kier alpha value is -3.63. The third kappa shape index (κ3) is 10.9. The normalized spacial score (nSPS) is 13.4. The van der Waals surface area contributed by atoms with E-state index in [0.29, 0.717) is 12.0 Å². The van der Waals surface area contributed by atoms with Gasteiger partial charge in [0.15, 0.2) is 0 Å². The van der Waals surface area contributed by atoms with Crippen LogP contribution in [0.4, 0.5) is 4.79 Å². The quantitative estimate of drug-likeness (QED) is 0.320. The van der Waals surface area contributed by atoms with E-state index in [1.165, 1.54) is 4.90 Å². The lowest BCUT2D eigenvalue weighted by Gasteiger charge is -2.38. The highest BCUT2D eigenvalue weighted by Crippen LogP contribution is 2.28. The standard InChI is InChI=1S/C28H44N4O7/c1-9-19(5)32(26(36)21(16-22(29)33)31-27(37)39-28(6,7)8)24(20-12-11-17(3)18(4)15-20)25(35)30-14-13-23(34)38-10-2/h11-12,15,19,21,24H,9-10,13-14,16H2,1-8H3,(H2,29,33)(H,30,35)(H,31,37). The zero-order valence-corrected chi connectivity index (χ0v) is 24.4. The third-order valence-corrected chi connectivity index (χ3v) is 6.02. The fourth-order valence-electron chi connectivity index (χ4n) is 3.82. The zero-order valence-electron chi connectivity index (χ0n) is 24.4. The molecule has 0 saturated carbocycles. The molecule has 218 valence electrons. The molecule has 0 spiro atoms. The fraction of sp³-hybridized carbons (Fsp3) is 0.607. The molecule has 3 unspecified atom stereocenters. The molecule has 0 fully saturated rings. The molecule has 0 aromatic heterocycles. The van der Waals surface area contributed by atoms with E-state index in [1.54, 1.807) is 40.7 Å². The Balaban J connectivity index is 3.52. The monoisotopic (exact) mass is 548 g/mol. The number of hydrogen-bond donors (Lipinski definition) is 3. The maximum absolute atomic E-state index is 14.0. The first-order chi connectivity index (χ1) is 18.1. The highest BCUT2D eigenvalue weighted by Gasteiger charge is 2.39. The molecule has 0 heterocycles. The summed E-state index contributed by atoms with van der Waals surface area (Å²) in [6, 6.07) is 2.46. The van der Waals surface area contributed by atoms with E-state index in [0.717, 1.165) is 11.1 Å². The summed E-state index contributed by atoms with van der Waals surface area (Å²) in [6.45, 7) is 14.4. The van der Waals surface area contributed by atoms with Gasteiger partial charge in [0.1, 0.15) is 17.7 Å². The SMILES string of the molecule is CCOC(=O)CCNC(=O)C(c1ccc(C)c(C)c1)N(C(=O)C(CC(N)=O)NC(=O)OC(C)(C)C)C(C)CC. The van der Waals surface area contributed by atoms with Crippen LogP contribution in [0.5, 0.6) is 0 Å². The number of nitrogens with one attached hydrogen (secondary N) is 2. The van der Waals surface area contributed by atoms with E-state index in [4.69, 9.17) is 15.2 Å². The predicted molar refractivity (Wildman–Crippen MR) is 146 cm³/mol. The number of rotatable bonds is 13. The highest BCUT2D eigenvalue weighted by molar-refractivity contribution is 5.94. The molecule has 39 heavy (non-hydrogen) atoms. The average molecular weight is 549 g/mol. The first-order valence-corrected chi connectivity index (χ1v) is 13.2. The Kier molecular flexibility index (Phi) is 12.9. The van der Waals surface area contributed by atoms with Crippen molar-refractivity contribution in [3.8, 4) is 0 Å². The van der Waals surface area contributed by atoms with Gasteiger partial charge in [0.2, 0.25) is 17.7 Å². The van der Waals surface area contributed by atoms with Gasteiger partial charge in [-0.3, -0.25) is 19.2 Å². The van der Waals surface area contributed by atoms with Crippen LogP contribution >= 0.6 is 0 Å². The van der Waals surface area contributed by atoms with Crippen LogP contribution in [0.2, 0.25) is 0 Å². The summed E-state index contributed by atoms with van der Waals surface area (Å²) in [6.07, 6.45) is -0.956. The van der Waals surface area contributed by atoms with Crippen molar-refractivity contribution in [2.45, 2.75) is 98.4 Å². The number of aryl methyl sites for hydroxylation is 2. The molecule has 1 aromatic carbocycles. The summed E-state index contributed by atoms with van der Waals surface area (Å²) >= 11 is 0. The van der Waals surface area contributed by atoms with Crippen molar-refractivity contribution in [3.63, 3.8) is 0 Å². The number of amides is 4. The van der Waals surface area contributed by atoms with Gasteiger partial charge in [-0.05, 0) is 71.6 Å². The van der Waals surface area contributed by atoms with E-state index in [-0.39, 0.29) is 19.6 Å². The van der Waals surface area contributed by atoms with Gasteiger partial charge in [-0.25, -0.2) is 4.79 Å². The summed E-state index contributed by atoms with van der Waals surface area (Å²) in [4.78, 5) is 65.3. The van der Waals surface area contributed by atoms with Gasteiger partial charge in [0.05, 0.1) is 19.4 Å². The molecule has 0 bridgehead atoms. The second kappa shape index (κ2) is 15.1. The molecule has 0 aliphatic carbocycles. The van der Waals surface area contributed by atoms with Gasteiger partial charge in [-0.15, -0.1) is 0 Å². The molecule has 1 rings (SSSR count). The van der Waals surface area contributed by atoms with Crippen LogP contribution in [0.15, 0.2) is 18.2 Å². The number of benzene rings is 1. The fourth-order valence-corrected chi connectivity index (χ4v) is 3.82. The van der Waals surface area contributed by atoms with Crippen LogP contribution in [0.1, 0.15) is 83.5 Å². The average Bonchev–Trinajstić information content (AvgIpc) is 2.81. The van der Waals surface area contributed by atoms with Crippen molar-refractivity contribution in [2.75, 3.05) is 13.2 Å². The first kappa shape index (κ1) is 33.4. The second-order valence-corrected chi connectivity index (χ2v) is 10.5. The molecule has 0 aliphatic rings. The van der Waals surface area contributed by atoms with Crippen molar-refractivity contribution in [1.82, 2.24) is 15.5 Å². The van der Waals surface area contributed by atoms with Crippen molar-refractivity contribution in [2.24, 2.45) is 5.73 Å². The van der Waals surface area contributed by atoms with E-state index in [2.05, 4.69) is 10.6 Å². The zero-order chi connectivity index (χ0) is 29.9. The van der Waals surface area contributed by atoms with E-state index in [1.807, 2.05) is 32.9 Å². The smallest absolute Gasteiger partial charge is 0.408 e. The lowest BCUT2D eigenvalue weighted by atomic mass is 9.96. The molecule has 0 aliphatic heterocycles. The van der Waals surface area contributed by atoms with Gasteiger partial charge >= 0.3 is 12.1 Å². The number of esters is 1. The largest absolute Gasteiger partial charge is 0.466 e. The minimum Gasteiger partial charge on any atom is -0.466 e. The topological polar surface area (TPSA) is 157 Å². The Bertz CT molecular complexity index is 1040. The molecular weight excluding hydrogens is 504 g/mol. The summed E-state index contributed by atoms with van der Waals surface area (Å²) < 4.78 is 10.2. The molecule has 4 N–H and O–H groups in total. The lowest BCUT2D eigenvalue weighted by Crippen LogP contribution is -2.56. The molecule has 3 atom stereocenters. The van der Waals surface area contributed by atoms with Gasteiger partial charge < -0.3 is 30.7 Å². The van der Waals surface area contributed by atoms with Crippen molar-refractivity contribution >= 4 is 29.8 Å². The second-order valence-electron chi connectivity index (χ2n) is 10.5. The van der Waals surface area contributed by atoms with Crippen LogP contribution < -0.4 is 16.4 Å². The molecule has 4 amide bonds. The maximum atomic E-state index is 14.0. The van der Waals surface area contributed by atoms with Gasteiger partial charge in [0.25, 0.3) is 0 Å². The number of alkyl carbamates (subject to hydrolysis) is 1. The van der Waals surface area contributed by atoms with Crippen LogP contribution in [0.25, 0.3) is 0 Å². The summed E-state index contributed by atoms with van der Waals surface area (Å²) in [7, 11) is 0. The lowest BCUT2D eigenvalue weighted by molar-refractivity contribution is -0.146. The predicted octanol–water partition coefficient (Wildman–Crippen LogP) is 2.81. The summed E-state index contributed by atoms with van der Waals surface area (Å²) in [5, 5.41) is 5.19. The Morgan fingerprint density at radius 2 is 1.69 bits per heavy atom. The number of nitrogens with two attached hydrogens (primary N) is 1. The number of hydrogen-bond acceptors (Lipinski definition) is 7. The Morgan fingerprint density at radius 1 is 1.05 bits per heavy atom. The van der Waals surface area contributed by atoms with Crippen LogP contribution in [0.3, 0.4) is 0 Å². The number of primary amides is 1. The van der Waals surface area contributed by atoms with Crippen molar-refractivity contribution in [3.05, 3.63) is 34.9 Å². The van der Waals surface area contributed by atoms with E-state index < -0.39 is 59.9 Å². The Labute approximate surface area is 231 Å². The van der Waals surface area contributed by atoms with E-state index >= 15 is 0 Å². The number of carbonyl (C=O) groups excluding carboxylic acids is 5. The molecule has 1 aromatic rings. The van der Waals surface area contributed by atoms with E-state index in [9.17, 15) is 24.0 Å².